The molecule has 0 spiro atoms. The van der Waals surface area contributed by atoms with Gasteiger partial charge in [0.25, 0.3) is 5.56 Å². The van der Waals surface area contributed by atoms with Gasteiger partial charge in [-0.1, -0.05) is 37.0 Å². The summed E-state index contributed by atoms with van der Waals surface area (Å²) in [4.78, 5) is 18.9. The lowest BCUT2D eigenvalue weighted by Gasteiger charge is -2.09. The van der Waals surface area contributed by atoms with E-state index in [4.69, 9.17) is 28.9 Å². The highest BCUT2D eigenvalue weighted by Crippen LogP contribution is 2.27. The van der Waals surface area contributed by atoms with Crippen LogP contribution in [0.3, 0.4) is 0 Å². The van der Waals surface area contributed by atoms with Gasteiger partial charge in [0.15, 0.2) is 0 Å². The van der Waals surface area contributed by atoms with E-state index in [0.717, 1.165) is 0 Å². The predicted octanol–water partition coefficient (Wildman–Crippen LogP) is 3.45. The van der Waals surface area contributed by atoms with Crippen molar-refractivity contribution in [3.63, 3.8) is 0 Å². The molecule has 0 aliphatic carbocycles. The summed E-state index contributed by atoms with van der Waals surface area (Å²) >= 11 is 11.8. The summed E-state index contributed by atoms with van der Waals surface area (Å²) < 4.78 is 0. The van der Waals surface area contributed by atoms with Crippen molar-refractivity contribution in [1.29, 1.82) is 0 Å². The lowest BCUT2D eigenvalue weighted by atomic mass is 10.1. The summed E-state index contributed by atoms with van der Waals surface area (Å²) in [6.45, 7) is 3.78. The lowest BCUT2D eigenvalue weighted by Crippen LogP contribution is -2.19. The zero-order chi connectivity index (χ0) is 14.2. The highest BCUT2D eigenvalue weighted by Gasteiger charge is 2.13. The predicted molar refractivity (Wildman–Crippen MR) is 78.8 cm³/mol. The Balaban J connectivity index is 2.58. The van der Waals surface area contributed by atoms with E-state index in [-0.39, 0.29) is 17.3 Å². The molecule has 19 heavy (non-hydrogen) atoms. The van der Waals surface area contributed by atoms with Gasteiger partial charge in [-0.2, -0.15) is 0 Å². The molecule has 0 fully saturated rings. The number of hydrogen-bond donors (Lipinski definition) is 2. The van der Waals surface area contributed by atoms with E-state index in [1.54, 1.807) is 18.2 Å². The second-order valence-corrected chi connectivity index (χ2v) is 5.31. The molecule has 1 aromatic carbocycles. The Morgan fingerprint density at radius 1 is 1.26 bits per heavy atom. The van der Waals surface area contributed by atoms with Crippen molar-refractivity contribution < 1.29 is 0 Å². The van der Waals surface area contributed by atoms with E-state index < -0.39 is 0 Å². The van der Waals surface area contributed by atoms with Crippen LogP contribution in [0.25, 0.3) is 11.4 Å². The van der Waals surface area contributed by atoms with Gasteiger partial charge in [0, 0.05) is 5.56 Å². The Kier molecular flexibility index (Phi) is 3.83. The summed E-state index contributed by atoms with van der Waals surface area (Å²) in [5.74, 6) is 0.629. The first kappa shape index (κ1) is 13.9. The molecule has 1 heterocycles. The highest BCUT2D eigenvalue weighted by molar-refractivity contribution is 6.42. The summed E-state index contributed by atoms with van der Waals surface area (Å²) in [6, 6.07) is 5.00. The van der Waals surface area contributed by atoms with Crippen molar-refractivity contribution in [1.82, 2.24) is 9.97 Å². The number of H-pyrrole nitrogens is 1. The van der Waals surface area contributed by atoms with Gasteiger partial charge in [0.2, 0.25) is 0 Å². The number of nitrogens with zero attached hydrogens (tertiary/aromatic N) is 1. The van der Waals surface area contributed by atoms with Crippen LogP contribution >= 0.6 is 23.2 Å². The quantitative estimate of drug-likeness (QED) is 0.892. The van der Waals surface area contributed by atoms with Gasteiger partial charge in [-0.25, -0.2) is 4.98 Å². The topological polar surface area (TPSA) is 71.8 Å². The van der Waals surface area contributed by atoms with Crippen LogP contribution < -0.4 is 11.3 Å². The van der Waals surface area contributed by atoms with Gasteiger partial charge >= 0.3 is 0 Å². The number of aromatic amines is 1. The number of rotatable bonds is 2. The van der Waals surface area contributed by atoms with E-state index in [1.165, 1.54) is 0 Å². The maximum absolute atomic E-state index is 12.0. The number of anilines is 1. The van der Waals surface area contributed by atoms with Crippen LogP contribution in [0.15, 0.2) is 23.0 Å². The average molecular weight is 298 g/mol. The molecule has 3 N–H and O–H groups in total. The molecule has 0 aliphatic heterocycles. The van der Waals surface area contributed by atoms with Crippen LogP contribution in [0.5, 0.6) is 0 Å². The summed E-state index contributed by atoms with van der Waals surface area (Å²) in [7, 11) is 0. The second-order valence-electron chi connectivity index (χ2n) is 4.50. The van der Waals surface area contributed by atoms with E-state index in [2.05, 4.69) is 9.97 Å². The zero-order valence-electron chi connectivity index (χ0n) is 10.5. The molecular weight excluding hydrogens is 285 g/mol. The third kappa shape index (κ3) is 2.74. The normalized spacial score (nSPS) is 11.0. The van der Waals surface area contributed by atoms with E-state index in [1.807, 2.05) is 13.8 Å². The number of aromatic nitrogens is 2. The van der Waals surface area contributed by atoms with Crippen molar-refractivity contribution in [3.8, 4) is 11.4 Å². The third-order valence-electron chi connectivity index (χ3n) is 2.76. The molecule has 0 saturated heterocycles. The van der Waals surface area contributed by atoms with Gasteiger partial charge in [-0.3, -0.25) is 4.79 Å². The van der Waals surface area contributed by atoms with E-state index in [0.29, 0.717) is 27.0 Å². The standard InChI is InChI=1S/C13H13Cl2N3O/c1-6(2)10-11(16)17-12(18-13(10)19)7-3-4-8(14)9(15)5-7/h3-6H,1-2H3,(H3,16,17,18,19). The Hall–Kier alpha value is -1.52. The summed E-state index contributed by atoms with van der Waals surface area (Å²) in [5.41, 5.74) is 6.76. The smallest absolute Gasteiger partial charge is 0.256 e. The van der Waals surface area contributed by atoms with Crippen LogP contribution in [0.4, 0.5) is 5.82 Å². The van der Waals surface area contributed by atoms with Gasteiger partial charge in [0.1, 0.15) is 11.6 Å². The number of nitrogen functional groups attached to an aromatic ring is 1. The summed E-state index contributed by atoms with van der Waals surface area (Å²) in [5, 5.41) is 0.841. The van der Waals surface area contributed by atoms with Gasteiger partial charge in [-0.05, 0) is 24.1 Å². The molecule has 1 aromatic heterocycles. The van der Waals surface area contributed by atoms with Gasteiger partial charge in [0.05, 0.1) is 15.6 Å². The zero-order valence-corrected chi connectivity index (χ0v) is 12.0. The molecule has 6 heteroatoms. The maximum Gasteiger partial charge on any atom is 0.256 e. The SMILES string of the molecule is CC(C)c1c(N)nc(-c2ccc(Cl)c(Cl)c2)[nH]c1=O. The molecule has 0 saturated carbocycles. The van der Waals surface area contributed by atoms with Crippen molar-refractivity contribution in [2.75, 3.05) is 5.73 Å². The van der Waals surface area contributed by atoms with Crippen LogP contribution in [0.1, 0.15) is 25.3 Å². The molecule has 4 nitrogen and oxygen atoms in total. The minimum Gasteiger partial charge on any atom is -0.383 e. The highest BCUT2D eigenvalue weighted by atomic mass is 35.5. The molecular formula is C13H13Cl2N3O. The molecule has 0 bridgehead atoms. The minimum atomic E-state index is -0.233. The first-order valence-corrected chi connectivity index (χ1v) is 6.51. The molecule has 0 unspecified atom stereocenters. The number of benzene rings is 1. The molecule has 100 valence electrons. The average Bonchev–Trinajstić information content (AvgIpc) is 2.31. The Morgan fingerprint density at radius 3 is 2.47 bits per heavy atom. The van der Waals surface area contributed by atoms with Crippen molar-refractivity contribution >= 4 is 29.0 Å². The van der Waals surface area contributed by atoms with Crippen molar-refractivity contribution in [2.45, 2.75) is 19.8 Å². The fourth-order valence-electron chi connectivity index (χ4n) is 1.84. The fraction of sp³-hybridized carbons (Fsp3) is 0.231. The Bertz CT molecular complexity index is 680. The van der Waals surface area contributed by atoms with E-state index in [9.17, 15) is 4.79 Å². The molecule has 0 radical (unpaired) electrons. The lowest BCUT2D eigenvalue weighted by molar-refractivity contribution is 0.837. The third-order valence-corrected chi connectivity index (χ3v) is 3.49. The number of nitrogens with two attached hydrogens (primary N) is 1. The van der Waals surface area contributed by atoms with E-state index >= 15 is 0 Å². The number of hydrogen-bond acceptors (Lipinski definition) is 3. The largest absolute Gasteiger partial charge is 0.383 e. The van der Waals surface area contributed by atoms with Crippen molar-refractivity contribution in [2.24, 2.45) is 0 Å². The first-order valence-electron chi connectivity index (χ1n) is 5.75. The fourth-order valence-corrected chi connectivity index (χ4v) is 2.14. The molecule has 0 amide bonds. The molecule has 2 aromatic rings. The molecule has 0 atom stereocenters. The second kappa shape index (κ2) is 5.23. The minimum absolute atomic E-state index is 0.0131. The summed E-state index contributed by atoms with van der Waals surface area (Å²) in [6.07, 6.45) is 0. The van der Waals surface area contributed by atoms with Crippen LogP contribution in [0.2, 0.25) is 10.0 Å². The van der Waals surface area contributed by atoms with Crippen molar-refractivity contribution in [3.05, 3.63) is 44.2 Å². The van der Waals surface area contributed by atoms with Crippen LogP contribution in [-0.2, 0) is 0 Å². The Labute approximate surface area is 120 Å². The monoisotopic (exact) mass is 297 g/mol. The molecule has 0 aliphatic rings. The van der Waals surface area contributed by atoms with Crippen LogP contribution in [0, 0.1) is 0 Å². The number of nitrogens with one attached hydrogen (secondary N) is 1. The number of halogens is 2. The first-order chi connectivity index (χ1) is 8.90. The van der Waals surface area contributed by atoms with Gasteiger partial charge < -0.3 is 10.7 Å². The van der Waals surface area contributed by atoms with Crippen LogP contribution in [-0.4, -0.2) is 9.97 Å². The Morgan fingerprint density at radius 2 is 1.95 bits per heavy atom. The molecule has 2 rings (SSSR count). The van der Waals surface area contributed by atoms with Gasteiger partial charge in [-0.15, -0.1) is 0 Å². The maximum atomic E-state index is 12.0.